The van der Waals surface area contributed by atoms with Crippen molar-refractivity contribution in [3.05, 3.63) is 44.4 Å². The van der Waals surface area contributed by atoms with E-state index < -0.39 is 0 Å². The summed E-state index contributed by atoms with van der Waals surface area (Å²) in [6, 6.07) is 4.78. The molecule has 1 aliphatic rings. The lowest BCUT2D eigenvalue weighted by molar-refractivity contribution is 0.448. The van der Waals surface area contributed by atoms with Crippen molar-refractivity contribution >= 4 is 23.2 Å². The van der Waals surface area contributed by atoms with E-state index in [4.69, 9.17) is 23.2 Å². The van der Waals surface area contributed by atoms with Crippen LogP contribution in [0.5, 0.6) is 5.88 Å². The average Bonchev–Trinajstić information content (AvgIpc) is 2.80. The van der Waals surface area contributed by atoms with E-state index >= 15 is 0 Å². The summed E-state index contributed by atoms with van der Waals surface area (Å²) in [7, 11) is 0. The Kier molecular flexibility index (Phi) is 2.99. The highest BCUT2D eigenvalue weighted by Gasteiger charge is 2.22. The SMILES string of the molecule is O=c1c(-c2ccc(Cl)cc2Cl)c(O)nc2n1CCC2. The highest BCUT2D eigenvalue weighted by Crippen LogP contribution is 2.33. The third-order valence-electron chi connectivity index (χ3n) is 3.21. The lowest BCUT2D eigenvalue weighted by atomic mass is 10.1. The predicted molar refractivity (Wildman–Crippen MR) is 73.9 cm³/mol. The summed E-state index contributed by atoms with van der Waals surface area (Å²) in [5.74, 6) is 0.346. The van der Waals surface area contributed by atoms with Crippen LogP contribution in [0, 0.1) is 0 Å². The first-order valence-electron chi connectivity index (χ1n) is 5.86. The number of aromatic nitrogens is 2. The Morgan fingerprint density at radius 2 is 2.11 bits per heavy atom. The Morgan fingerprint density at radius 1 is 1.32 bits per heavy atom. The molecule has 1 aromatic heterocycles. The van der Waals surface area contributed by atoms with Gasteiger partial charge in [-0.2, -0.15) is 4.98 Å². The Morgan fingerprint density at radius 3 is 2.84 bits per heavy atom. The minimum Gasteiger partial charge on any atom is -0.493 e. The molecule has 0 fully saturated rings. The number of aromatic hydroxyl groups is 1. The second kappa shape index (κ2) is 4.54. The molecule has 98 valence electrons. The molecule has 0 radical (unpaired) electrons. The van der Waals surface area contributed by atoms with E-state index in [1.54, 1.807) is 16.7 Å². The molecule has 2 aromatic rings. The number of nitrogens with zero attached hydrogens (tertiary/aromatic N) is 2. The van der Waals surface area contributed by atoms with Crippen molar-refractivity contribution in [2.45, 2.75) is 19.4 Å². The fraction of sp³-hybridized carbons (Fsp3) is 0.231. The molecule has 1 aromatic carbocycles. The molecule has 0 saturated carbocycles. The molecule has 0 bridgehead atoms. The smallest absolute Gasteiger partial charge is 0.265 e. The molecular weight excluding hydrogens is 287 g/mol. The van der Waals surface area contributed by atoms with Gasteiger partial charge < -0.3 is 5.11 Å². The maximum Gasteiger partial charge on any atom is 0.265 e. The van der Waals surface area contributed by atoms with Gasteiger partial charge in [0.25, 0.3) is 5.56 Å². The van der Waals surface area contributed by atoms with Crippen LogP contribution >= 0.6 is 23.2 Å². The van der Waals surface area contributed by atoms with Gasteiger partial charge in [-0.3, -0.25) is 9.36 Å². The molecule has 3 rings (SSSR count). The van der Waals surface area contributed by atoms with E-state index in [9.17, 15) is 9.90 Å². The monoisotopic (exact) mass is 296 g/mol. The van der Waals surface area contributed by atoms with Gasteiger partial charge in [0.1, 0.15) is 11.4 Å². The van der Waals surface area contributed by atoms with Crippen molar-refractivity contribution in [1.29, 1.82) is 0 Å². The van der Waals surface area contributed by atoms with Crippen LogP contribution in [0.25, 0.3) is 11.1 Å². The number of halogens is 2. The van der Waals surface area contributed by atoms with Crippen LogP contribution in [0.1, 0.15) is 12.2 Å². The van der Waals surface area contributed by atoms with E-state index in [-0.39, 0.29) is 17.0 Å². The second-order valence-corrected chi connectivity index (χ2v) is 5.25. The second-order valence-electron chi connectivity index (χ2n) is 4.41. The van der Waals surface area contributed by atoms with Crippen molar-refractivity contribution in [3.8, 4) is 17.0 Å². The first kappa shape index (κ1) is 12.5. The van der Waals surface area contributed by atoms with Gasteiger partial charge in [-0.15, -0.1) is 0 Å². The number of rotatable bonds is 1. The Hall–Kier alpha value is -1.52. The van der Waals surface area contributed by atoms with Crippen molar-refractivity contribution in [2.75, 3.05) is 0 Å². The number of aryl methyl sites for hydroxylation is 1. The summed E-state index contributed by atoms with van der Waals surface area (Å²) in [5, 5.41) is 10.8. The molecule has 19 heavy (non-hydrogen) atoms. The van der Waals surface area contributed by atoms with Crippen molar-refractivity contribution in [3.63, 3.8) is 0 Å². The standard InChI is InChI=1S/C13H10Cl2N2O2/c14-7-3-4-8(9(15)6-7)11-12(18)16-10-2-1-5-17(10)13(11)19/h3-4,6,18H,1-2,5H2. The molecule has 0 saturated heterocycles. The number of hydrogen-bond acceptors (Lipinski definition) is 3. The van der Waals surface area contributed by atoms with Gasteiger partial charge >= 0.3 is 0 Å². The topological polar surface area (TPSA) is 55.1 Å². The third-order valence-corrected chi connectivity index (χ3v) is 3.76. The Labute approximate surface area is 119 Å². The first-order chi connectivity index (χ1) is 9.08. The zero-order chi connectivity index (χ0) is 13.6. The summed E-state index contributed by atoms with van der Waals surface area (Å²) in [6.45, 7) is 0.625. The van der Waals surface area contributed by atoms with Gasteiger partial charge in [-0.25, -0.2) is 0 Å². The van der Waals surface area contributed by atoms with Gasteiger partial charge in [0.2, 0.25) is 5.88 Å². The first-order valence-corrected chi connectivity index (χ1v) is 6.61. The van der Waals surface area contributed by atoms with Crippen LogP contribution in [0.2, 0.25) is 10.0 Å². The fourth-order valence-corrected chi connectivity index (χ4v) is 2.83. The Balaban J connectivity index is 2.29. The van der Waals surface area contributed by atoms with Gasteiger partial charge in [-0.1, -0.05) is 29.3 Å². The summed E-state index contributed by atoms with van der Waals surface area (Å²) in [5.41, 5.74) is 0.319. The molecule has 0 aliphatic carbocycles. The maximum absolute atomic E-state index is 12.4. The molecule has 6 heteroatoms. The molecule has 0 unspecified atom stereocenters. The molecule has 2 heterocycles. The van der Waals surface area contributed by atoms with E-state index in [1.165, 1.54) is 6.07 Å². The number of benzene rings is 1. The minimum absolute atomic E-state index is 0.132. The largest absolute Gasteiger partial charge is 0.493 e. The average molecular weight is 297 g/mol. The van der Waals surface area contributed by atoms with Gasteiger partial charge in [0, 0.05) is 23.6 Å². The van der Waals surface area contributed by atoms with Crippen molar-refractivity contribution in [2.24, 2.45) is 0 Å². The van der Waals surface area contributed by atoms with E-state index in [0.717, 1.165) is 6.42 Å². The predicted octanol–water partition coefficient (Wildman–Crippen LogP) is 2.87. The van der Waals surface area contributed by atoms with Crippen LogP contribution < -0.4 is 5.56 Å². The normalized spacial score (nSPS) is 13.6. The Bertz CT molecular complexity index is 725. The third kappa shape index (κ3) is 2.01. The summed E-state index contributed by atoms with van der Waals surface area (Å²) in [6.07, 6.45) is 1.57. The number of hydrogen-bond donors (Lipinski definition) is 1. The fourth-order valence-electron chi connectivity index (χ4n) is 2.33. The molecule has 1 N–H and O–H groups in total. The zero-order valence-electron chi connectivity index (χ0n) is 9.86. The lowest BCUT2D eigenvalue weighted by Gasteiger charge is -2.09. The van der Waals surface area contributed by atoms with Crippen LogP contribution in [0.15, 0.2) is 23.0 Å². The van der Waals surface area contributed by atoms with Gasteiger partial charge in [-0.05, 0) is 18.6 Å². The molecule has 0 spiro atoms. The summed E-state index contributed by atoms with van der Waals surface area (Å²) >= 11 is 11.9. The van der Waals surface area contributed by atoms with E-state index in [2.05, 4.69) is 4.98 Å². The van der Waals surface area contributed by atoms with E-state index in [0.29, 0.717) is 34.4 Å². The maximum atomic E-state index is 12.4. The van der Waals surface area contributed by atoms with Crippen LogP contribution in [-0.2, 0) is 13.0 Å². The highest BCUT2D eigenvalue weighted by atomic mass is 35.5. The van der Waals surface area contributed by atoms with E-state index in [1.807, 2.05) is 0 Å². The van der Waals surface area contributed by atoms with Crippen LogP contribution in [-0.4, -0.2) is 14.7 Å². The van der Waals surface area contributed by atoms with Crippen molar-refractivity contribution < 1.29 is 5.11 Å². The lowest BCUT2D eigenvalue weighted by Crippen LogP contribution is -2.22. The summed E-state index contributed by atoms with van der Waals surface area (Å²) < 4.78 is 1.58. The zero-order valence-corrected chi connectivity index (χ0v) is 11.4. The highest BCUT2D eigenvalue weighted by molar-refractivity contribution is 6.36. The molecule has 0 atom stereocenters. The minimum atomic E-state index is -0.276. The molecular formula is C13H10Cl2N2O2. The molecule has 4 nitrogen and oxygen atoms in total. The van der Waals surface area contributed by atoms with Gasteiger partial charge in [0.05, 0.1) is 5.02 Å². The van der Waals surface area contributed by atoms with Crippen molar-refractivity contribution in [1.82, 2.24) is 9.55 Å². The molecule has 1 aliphatic heterocycles. The van der Waals surface area contributed by atoms with Crippen LogP contribution in [0.4, 0.5) is 0 Å². The quantitative estimate of drug-likeness (QED) is 0.880. The van der Waals surface area contributed by atoms with Gasteiger partial charge in [0.15, 0.2) is 0 Å². The molecule has 0 amide bonds. The van der Waals surface area contributed by atoms with Crippen LogP contribution in [0.3, 0.4) is 0 Å². The summed E-state index contributed by atoms with van der Waals surface area (Å²) in [4.78, 5) is 16.5. The number of fused-ring (bicyclic) bond motifs is 1.